The highest BCUT2D eigenvalue weighted by Crippen LogP contribution is 2.38. The van der Waals surface area contributed by atoms with Gasteiger partial charge in [0.25, 0.3) is 0 Å². The highest BCUT2D eigenvalue weighted by Gasteiger charge is 2.16. The van der Waals surface area contributed by atoms with E-state index in [-0.39, 0.29) is 30.5 Å². The van der Waals surface area contributed by atoms with Gasteiger partial charge in [0.1, 0.15) is 0 Å². The van der Waals surface area contributed by atoms with Crippen molar-refractivity contribution in [2.75, 3.05) is 24.9 Å². The maximum Gasteiger partial charge on any atom is 0.227 e. The maximum atomic E-state index is 12.3. The number of anilines is 2. The molecule has 0 unspecified atom stereocenters. The van der Waals surface area contributed by atoms with Gasteiger partial charge in [0, 0.05) is 31.5 Å². The molecule has 11 heteroatoms. The Bertz CT molecular complexity index is 1100. The fourth-order valence-corrected chi connectivity index (χ4v) is 3.03. The van der Waals surface area contributed by atoms with Gasteiger partial charge >= 0.3 is 0 Å². The van der Waals surface area contributed by atoms with Gasteiger partial charge in [-0.1, -0.05) is 16.8 Å². The monoisotopic (exact) mass is 445 g/mol. The molecule has 0 saturated heterocycles. The minimum Gasteiger partial charge on any atom is -0.493 e. The van der Waals surface area contributed by atoms with E-state index < -0.39 is 0 Å². The summed E-state index contributed by atoms with van der Waals surface area (Å²) in [5.74, 6) is 0.871. The molecule has 0 fully saturated rings. The number of aryl methyl sites for hydroxylation is 1. The second-order valence-electron chi connectivity index (χ2n) is 6.36. The first-order valence-corrected chi connectivity index (χ1v) is 9.55. The van der Waals surface area contributed by atoms with Crippen LogP contribution in [0.2, 0.25) is 5.02 Å². The zero-order chi connectivity index (χ0) is 22.4. The van der Waals surface area contributed by atoms with E-state index in [1.54, 1.807) is 18.2 Å². The lowest BCUT2D eigenvalue weighted by Gasteiger charge is -2.10. The topological polar surface area (TPSA) is 128 Å². The fraction of sp³-hybridized carbons (Fsp3) is 0.250. The lowest BCUT2D eigenvalue weighted by molar-refractivity contribution is -0.116. The summed E-state index contributed by atoms with van der Waals surface area (Å²) >= 11 is 6.22. The van der Waals surface area contributed by atoms with Crippen molar-refractivity contribution in [3.05, 3.63) is 41.5 Å². The quantitative estimate of drug-likeness (QED) is 0.540. The van der Waals surface area contributed by atoms with Crippen molar-refractivity contribution in [1.29, 1.82) is 0 Å². The van der Waals surface area contributed by atoms with Crippen molar-refractivity contribution in [3.8, 4) is 22.9 Å². The molecule has 31 heavy (non-hydrogen) atoms. The normalized spacial score (nSPS) is 10.5. The van der Waals surface area contributed by atoms with Crippen LogP contribution in [0.1, 0.15) is 19.2 Å². The summed E-state index contributed by atoms with van der Waals surface area (Å²) in [6.45, 7) is 1.38. The van der Waals surface area contributed by atoms with Gasteiger partial charge in [-0.15, -0.1) is 0 Å². The number of nitrogens with zero attached hydrogens (tertiary/aromatic N) is 3. The number of carbonyl (C=O) groups is 2. The van der Waals surface area contributed by atoms with Crippen LogP contribution in [0.25, 0.3) is 11.4 Å². The maximum absolute atomic E-state index is 12.3. The van der Waals surface area contributed by atoms with Crippen LogP contribution < -0.4 is 20.1 Å². The summed E-state index contributed by atoms with van der Waals surface area (Å²) in [5.41, 5.74) is 1.44. The molecule has 0 saturated carbocycles. The number of aromatic nitrogens is 3. The second-order valence-corrected chi connectivity index (χ2v) is 6.76. The van der Waals surface area contributed by atoms with Gasteiger partial charge in [-0.2, -0.15) is 4.98 Å². The van der Waals surface area contributed by atoms with Crippen molar-refractivity contribution in [2.45, 2.75) is 19.8 Å². The molecule has 3 rings (SSSR count). The number of rotatable bonds is 8. The van der Waals surface area contributed by atoms with Crippen molar-refractivity contribution in [3.63, 3.8) is 0 Å². The third-order valence-electron chi connectivity index (χ3n) is 4.13. The average molecular weight is 446 g/mol. The molecule has 162 valence electrons. The van der Waals surface area contributed by atoms with E-state index in [9.17, 15) is 9.59 Å². The van der Waals surface area contributed by atoms with E-state index >= 15 is 0 Å². The van der Waals surface area contributed by atoms with Crippen molar-refractivity contribution in [2.24, 2.45) is 0 Å². The van der Waals surface area contributed by atoms with Crippen molar-refractivity contribution < 1.29 is 23.6 Å². The van der Waals surface area contributed by atoms with E-state index in [2.05, 4.69) is 25.8 Å². The average Bonchev–Trinajstić information content (AvgIpc) is 3.22. The molecular weight excluding hydrogens is 426 g/mol. The minimum atomic E-state index is -0.298. The Balaban J connectivity index is 1.65. The van der Waals surface area contributed by atoms with Crippen molar-refractivity contribution >= 4 is 34.8 Å². The van der Waals surface area contributed by atoms with Crippen LogP contribution in [-0.2, 0) is 16.0 Å². The minimum absolute atomic E-state index is 0.0860. The standard InChI is InChI=1S/C20H20ClN5O5/c1-11(27)23-14-6-7-22-10-15(14)24-17(28)4-5-18-25-20(26-31-18)12-8-13(21)19(30-3)16(9-12)29-2/h6-10H,4-5H2,1-3H3,(H,24,28)(H,22,23,27). The third-order valence-corrected chi connectivity index (χ3v) is 4.41. The Morgan fingerprint density at radius 2 is 1.97 bits per heavy atom. The Labute approximate surface area is 182 Å². The van der Waals surface area contributed by atoms with Crippen LogP contribution >= 0.6 is 11.6 Å². The molecule has 3 aromatic rings. The Morgan fingerprint density at radius 3 is 2.68 bits per heavy atom. The summed E-state index contributed by atoms with van der Waals surface area (Å²) in [7, 11) is 2.99. The second kappa shape index (κ2) is 9.90. The molecular formula is C20H20ClN5O5. The molecule has 0 aliphatic carbocycles. The number of hydrogen-bond donors (Lipinski definition) is 2. The number of amides is 2. The highest BCUT2D eigenvalue weighted by molar-refractivity contribution is 6.32. The molecule has 0 atom stereocenters. The van der Waals surface area contributed by atoms with Gasteiger partial charge in [0.15, 0.2) is 11.5 Å². The Kier molecular flexibility index (Phi) is 7.03. The van der Waals surface area contributed by atoms with E-state index in [0.717, 1.165) is 0 Å². The molecule has 2 amide bonds. The predicted octanol–water partition coefficient (Wildman–Crippen LogP) is 3.33. The van der Waals surface area contributed by atoms with E-state index in [1.165, 1.54) is 33.5 Å². The third kappa shape index (κ3) is 5.48. The number of carbonyl (C=O) groups excluding carboxylic acids is 2. The van der Waals surface area contributed by atoms with E-state index in [0.29, 0.717) is 39.3 Å². The van der Waals surface area contributed by atoms with Crippen molar-refractivity contribution in [1.82, 2.24) is 15.1 Å². The molecule has 1 aromatic carbocycles. The number of hydrogen-bond acceptors (Lipinski definition) is 8. The number of halogens is 1. The first-order valence-electron chi connectivity index (χ1n) is 9.17. The number of pyridine rings is 1. The largest absolute Gasteiger partial charge is 0.493 e. The predicted molar refractivity (Wildman–Crippen MR) is 113 cm³/mol. The zero-order valence-electron chi connectivity index (χ0n) is 17.1. The summed E-state index contributed by atoms with van der Waals surface area (Å²) in [6.07, 6.45) is 3.27. The van der Waals surface area contributed by atoms with Gasteiger partial charge in [-0.05, 0) is 18.2 Å². The van der Waals surface area contributed by atoms with Gasteiger partial charge in [0.2, 0.25) is 23.5 Å². The van der Waals surface area contributed by atoms with Crippen LogP contribution in [-0.4, -0.2) is 41.2 Å². The highest BCUT2D eigenvalue weighted by atomic mass is 35.5. The molecule has 2 aromatic heterocycles. The van der Waals surface area contributed by atoms with E-state index in [4.69, 9.17) is 25.6 Å². The lowest BCUT2D eigenvalue weighted by Crippen LogP contribution is -2.15. The zero-order valence-corrected chi connectivity index (χ0v) is 17.8. The van der Waals surface area contributed by atoms with Gasteiger partial charge in [-0.25, -0.2) is 0 Å². The molecule has 0 spiro atoms. The van der Waals surface area contributed by atoms with Gasteiger partial charge < -0.3 is 24.6 Å². The first kappa shape index (κ1) is 22.0. The molecule has 2 N–H and O–H groups in total. The number of benzene rings is 1. The van der Waals surface area contributed by atoms with Crippen LogP contribution in [0.15, 0.2) is 35.1 Å². The lowest BCUT2D eigenvalue weighted by atomic mass is 10.2. The summed E-state index contributed by atoms with van der Waals surface area (Å²) in [4.78, 5) is 31.9. The summed E-state index contributed by atoms with van der Waals surface area (Å²) < 4.78 is 15.7. The molecule has 0 aliphatic rings. The SMILES string of the molecule is COc1cc(-c2noc(CCC(=O)Nc3cnccc3NC(C)=O)n2)cc(Cl)c1OC. The first-order chi connectivity index (χ1) is 14.9. The van der Waals surface area contributed by atoms with E-state index in [1.807, 2.05) is 0 Å². The van der Waals surface area contributed by atoms with Crippen LogP contribution in [0, 0.1) is 0 Å². The van der Waals surface area contributed by atoms with Gasteiger partial charge in [0.05, 0.1) is 36.8 Å². The summed E-state index contributed by atoms with van der Waals surface area (Å²) in [6, 6.07) is 4.91. The molecule has 0 bridgehead atoms. The fourth-order valence-electron chi connectivity index (χ4n) is 2.75. The number of nitrogens with one attached hydrogen (secondary N) is 2. The Hall–Kier alpha value is -3.66. The smallest absolute Gasteiger partial charge is 0.227 e. The number of ether oxygens (including phenoxy) is 2. The van der Waals surface area contributed by atoms with Crippen LogP contribution in [0.4, 0.5) is 11.4 Å². The van der Waals surface area contributed by atoms with Gasteiger partial charge in [-0.3, -0.25) is 14.6 Å². The Morgan fingerprint density at radius 1 is 1.16 bits per heavy atom. The van der Waals surface area contributed by atoms with Crippen LogP contribution in [0.5, 0.6) is 11.5 Å². The summed E-state index contributed by atoms with van der Waals surface area (Å²) in [5, 5.41) is 9.62. The molecule has 2 heterocycles. The molecule has 0 aliphatic heterocycles. The van der Waals surface area contributed by atoms with Crippen LogP contribution in [0.3, 0.4) is 0 Å². The molecule has 10 nitrogen and oxygen atoms in total. The molecule has 0 radical (unpaired) electrons. The number of methoxy groups -OCH3 is 2.